The van der Waals surface area contributed by atoms with Gasteiger partial charge in [0.05, 0.1) is 22.0 Å². The Morgan fingerprint density at radius 1 is 0.938 bits per heavy atom. The third kappa shape index (κ3) is 7.01. The van der Waals surface area contributed by atoms with Crippen LogP contribution >= 0.6 is 23.4 Å². The third-order valence-electron chi connectivity index (χ3n) is 4.19. The van der Waals surface area contributed by atoms with Gasteiger partial charge in [0.1, 0.15) is 0 Å². The van der Waals surface area contributed by atoms with Crippen LogP contribution in [0.4, 0.5) is 11.4 Å². The van der Waals surface area contributed by atoms with Gasteiger partial charge in [0.15, 0.2) is 0 Å². The zero-order valence-electron chi connectivity index (χ0n) is 16.7. The molecule has 0 unspecified atom stereocenters. The van der Waals surface area contributed by atoms with Crippen LogP contribution in [0.1, 0.15) is 15.9 Å². The van der Waals surface area contributed by atoms with E-state index in [1.54, 1.807) is 24.3 Å². The van der Waals surface area contributed by atoms with Gasteiger partial charge in [-0.25, -0.2) is 4.79 Å². The summed E-state index contributed by atoms with van der Waals surface area (Å²) in [5.74, 6) is -1.62. The van der Waals surface area contributed by atoms with Gasteiger partial charge in [0.2, 0.25) is 11.8 Å². The molecule has 0 bridgehead atoms. The Balaban J connectivity index is 1.55. The van der Waals surface area contributed by atoms with E-state index in [4.69, 9.17) is 16.7 Å². The first-order valence-electron chi connectivity index (χ1n) is 9.50. The Kier molecular flexibility index (Phi) is 8.08. The maximum Gasteiger partial charge on any atom is 0.335 e. The molecule has 0 fully saturated rings. The molecule has 162 valence electrons. The second-order valence-corrected chi connectivity index (χ2v) is 8.05. The van der Waals surface area contributed by atoms with Crippen LogP contribution in [0.15, 0.2) is 83.8 Å². The van der Waals surface area contributed by atoms with E-state index in [1.807, 2.05) is 36.4 Å². The van der Waals surface area contributed by atoms with Crippen molar-refractivity contribution in [3.05, 3.63) is 95.0 Å². The second kappa shape index (κ2) is 11.2. The minimum Gasteiger partial charge on any atom is -0.478 e. The van der Waals surface area contributed by atoms with Crippen LogP contribution in [0.25, 0.3) is 6.08 Å². The Morgan fingerprint density at radius 3 is 2.47 bits per heavy atom. The van der Waals surface area contributed by atoms with Gasteiger partial charge in [0.25, 0.3) is 0 Å². The van der Waals surface area contributed by atoms with Crippen molar-refractivity contribution in [2.75, 3.05) is 16.4 Å². The summed E-state index contributed by atoms with van der Waals surface area (Å²) in [7, 11) is 0. The number of aromatic carboxylic acids is 1. The number of hydrogen-bond donors (Lipinski definition) is 3. The van der Waals surface area contributed by atoms with Gasteiger partial charge in [-0.2, -0.15) is 0 Å². The van der Waals surface area contributed by atoms with E-state index >= 15 is 0 Å². The Morgan fingerprint density at radius 2 is 1.72 bits per heavy atom. The lowest BCUT2D eigenvalue weighted by atomic mass is 10.2. The van der Waals surface area contributed by atoms with Gasteiger partial charge >= 0.3 is 5.97 Å². The molecule has 0 spiro atoms. The first-order chi connectivity index (χ1) is 15.4. The summed E-state index contributed by atoms with van der Waals surface area (Å²) < 4.78 is 0. The normalized spacial score (nSPS) is 10.7. The van der Waals surface area contributed by atoms with E-state index in [2.05, 4.69) is 10.6 Å². The molecule has 0 aliphatic carbocycles. The number of carboxylic acids is 1. The summed E-state index contributed by atoms with van der Waals surface area (Å²) in [5.41, 5.74) is 1.80. The van der Waals surface area contributed by atoms with Crippen molar-refractivity contribution in [3.8, 4) is 0 Å². The van der Waals surface area contributed by atoms with Crippen LogP contribution in [0.5, 0.6) is 0 Å². The average Bonchev–Trinajstić information content (AvgIpc) is 2.78. The standard InChI is InChI=1S/C24H19ClN2O4S/c25-20-11-10-17(24(30)31)13-21(20)27-23(29)15-32-19-8-4-7-18(14-19)26-22(28)12-9-16-5-2-1-3-6-16/h1-14H,15H2,(H,26,28)(H,27,29)(H,30,31)/b12-9+. The molecule has 0 radical (unpaired) electrons. The second-order valence-electron chi connectivity index (χ2n) is 6.60. The summed E-state index contributed by atoms with van der Waals surface area (Å²) in [6.45, 7) is 0. The van der Waals surface area contributed by atoms with E-state index in [-0.39, 0.29) is 33.8 Å². The number of thioether (sulfide) groups is 1. The maximum absolute atomic E-state index is 12.3. The minimum atomic E-state index is -1.11. The number of benzene rings is 3. The molecule has 0 aliphatic rings. The van der Waals surface area contributed by atoms with Crippen LogP contribution in [-0.4, -0.2) is 28.6 Å². The number of carbonyl (C=O) groups excluding carboxylic acids is 2. The fourth-order valence-electron chi connectivity index (χ4n) is 2.67. The highest BCUT2D eigenvalue weighted by atomic mass is 35.5. The molecule has 3 rings (SSSR count). The van der Waals surface area contributed by atoms with Gasteiger partial charge < -0.3 is 15.7 Å². The molecule has 0 aliphatic heterocycles. The smallest absolute Gasteiger partial charge is 0.335 e. The van der Waals surface area contributed by atoms with E-state index in [0.717, 1.165) is 10.5 Å². The predicted molar refractivity (Wildman–Crippen MR) is 128 cm³/mol. The van der Waals surface area contributed by atoms with Crippen molar-refractivity contribution >= 4 is 58.6 Å². The topological polar surface area (TPSA) is 95.5 Å². The van der Waals surface area contributed by atoms with Crippen molar-refractivity contribution in [3.63, 3.8) is 0 Å². The summed E-state index contributed by atoms with van der Waals surface area (Å²) in [6, 6.07) is 20.7. The van der Waals surface area contributed by atoms with Crippen LogP contribution in [-0.2, 0) is 9.59 Å². The Bertz CT molecular complexity index is 1170. The number of carbonyl (C=O) groups is 3. The van der Waals surface area contributed by atoms with Gasteiger partial charge in [0, 0.05) is 16.7 Å². The lowest BCUT2D eigenvalue weighted by molar-refractivity contribution is -0.114. The molecular formula is C24H19ClN2O4S. The Labute approximate surface area is 194 Å². The molecule has 3 aromatic rings. The lowest BCUT2D eigenvalue weighted by Gasteiger charge is -2.09. The fraction of sp³-hybridized carbons (Fsp3) is 0.0417. The van der Waals surface area contributed by atoms with Crippen molar-refractivity contribution in [2.24, 2.45) is 0 Å². The van der Waals surface area contributed by atoms with E-state index < -0.39 is 5.97 Å². The molecule has 3 aromatic carbocycles. The molecule has 2 amide bonds. The first-order valence-corrected chi connectivity index (χ1v) is 10.9. The Hall–Kier alpha value is -3.55. The average molecular weight is 467 g/mol. The van der Waals surface area contributed by atoms with Crippen LogP contribution in [0.2, 0.25) is 5.02 Å². The molecule has 0 saturated heterocycles. The summed E-state index contributed by atoms with van der Waals surface area (Å²) in [5, 5.41) is 14.7. The molecule has 0 atom stereocenters. The third-order valence-corrected chi connectivity index (χ3v) is 5.51. The zero-order valence-corrected chi connectivity index (χ0v) is 18.3. The predicted octanol–water partition coefficient (Wildman–Crippen LogP) is 5.42. The highest BCUT2D eigenvalue weighted by Gasteiger charge is 2.11. The van der Waals surface area contributed by atoms with Gasteiger partial charge in [-0.05, 0) is 48.0 Å². The molecule has 3 N–H and O–H groups in total. The molecule has 6 nitrogen and oxygen atoms in total. The van der Waals surface area contributed by atoms with Crippen LogP contribution < -0.4 is 10.6 Å². The number of nitrogens with one attached hydrogen (secondary N) is 2. The lowest BCUT2D eigenvalue weighted by Crippen LogP contribution is -2.15. The van der Waals surface area contributed by atoms with Crippen molar-refractivity contribution in [1.29, 1.82) is 0 Å². The maximum atomic E-state index is 12.3. The van der Waals surface area contributed by atoms with Gasteiger partial charge in [-0.1, -0.05) is 48.0 Å². The molecular weight excluding hydrogens is 448 g/mol. The number of rotatable bonds is 8. The molecule has 0 aromatic heterocycles. The summed E-state index contributed by atoms with van der Waals surface area (Å²) in [4.78, 5) is 36.3. The van der Waals surface area contributed by atoms with Gasteiger partial charge in [-0.15, -0.1) is 11.8 Å². The SMILES string of the molecule is O=C(/C=C/c1ccccc1)Nc1cccc(SCC(=O)Nc2cc(C(=O)O)ccc2Cl)c1. The number of hydrogen-bond acceptors (Lipinski definition) is 4. The molecule has 0 saturated carbocycles. The van der Waals surface area contributed by atoms with E-state index in [9.17, 15) is 14.4 Å². The van der Waals surface area contributed by atoms with Crippen molar-refractivity contribution in [1.82, 2.24) is 0 Å². The van der Waals surface area contributed by atoms with E-state index in [0.29, 0.717) is 5.69 Å². The minimum absolute atomic E-state index is 0.0297. The summed E-state index contributed by atoms with van der Waals surface area (Å²) in [6.07, 6.45) is 3.18. The van der Waals surface area contributed by atoms with Crippen molar-refractivity contribution < 1.29 is 19.5 Å². The number of halogens is 1. The highest BCUT2D eigenvalue weighted by Crippen LogP contribution is 2.25. The number of amides is 2. The largest absolute Gasteiger partial charge is 0.478 e. The zero-order chi connectivity index (χ0) is 22.9. The molecule has 0 heterocycles. The van der Waals surface area contributed by atoms with Crippen LogP contribution in [0, 0.1) is 0 Å². The fourth-order valence-corrected chi connectivity index (χ4v) is 3.59. The number of anilines is 2. The number of carboxylic acid groups (broad SMARTS) is 1. The summed E-state index contributed by atoms with van der Waals surface area (Å²) >= 11 is 7.31. The molecule has 8 heteroatoms. The molecule has 32 heavy (non-hydrogen) atoms. The van der Waals surface area contributed by atoms with Crippen molar-refractivity contribution in [2.45, 2.75) is 4.90 Å². The van der Waals surface area contributed by atoms with Gasteiger partial charge in [-0.3, -0.25) is 9.59 Å². The first kappa shape index (κ1) is 23.1. The van der Waals surface area contributed by atoms with E-state index in [1.165, 1.54) is 36.0 Å². The monoisotopic (exact) mass is 466 g/mol. The van der Waals surface area contributed by atoms with Crippen LogP contribution in [0.3, 0.4) is 0 Å². The highest BCUT2D eigenvalue weighted by molar-refractivity contribution is 8.00. The quantitative estimate of drug-likeness (QED) is 0.304.